The van der Waals surface area contributed by atoms with E-state index in [1.54, 1.807) is 30.3 Å². The Morgan fingerprint density at radius 3 is 1.95 bits per heavy atom. The van der Waals surface area contributed by atoms with Crippen LogP contribution in [0.4, 0.5) is 0 Å². The Morgan fingerprint density at radius 2 is 1.45 bits per heavy atom. The Balaban J connectivity index is 2.77. The second-order valence-corrected chi connectivity index (χ2v) is 8.16. The first-order chi connectivity index (χ1) is 9.18. The molecule has 0 spiro atoms. The SMILES string of the molecule is CS(=O)(=O)c1cc(-c2ccccc2)nc(S(C)(=O)=O)n1. The molecule has 2 rings (SSSR count). The highest BCUT2D eigenvalue weighted by Gasteiger charge is 2.19. The van der Waals surface area contributed by atoms with Gasteiger partial charge in [-0.2, -0.15) is 0 Å². The van der Waals surface area contributed by atoms with Crippen LogP contribution in [-0.4, -0.2) is 39.3 Å². The molecule has 0 N–H and O–H groups in total. The van der Waals surface area contributed by atoms with Gasteiger partial charge in [0.05, 0.1) is 5.69 Å². The monoisotopic (exact) mass is 312 g/mol. The molecule has 0 aliphatic heterocycles. The Labute approximate surface area is 117 Å². The molecule has 1 aromatic heterocycles. The van der Waals surface area contributed by atoms with E-state index >= 15 is 0 Å². The summed E-state index contributed by atoms with van der Waals surface area (Å²) in [6, 6.07) is 9.97. The minimum Gasteiger partial charge on any atom is -0.222 e. The quantitative estimate of drug-likeness (QED) is 0.618. The van der Waals surface area contributed by atoms with Gasteiger partial charge in [-0.15, -0.1) is 0 Å². The summed E-state index contributed by atoms with van der Waals surface area (Å²) >= 11 is 0. The molecule has 8 heteroatoms. The lowest BCUT2D eigenvalue weighted by Crippen LogP contribution is -2.10. The molecule has 1 heterocycles. The molecule has 0 atom stereocenters. The lowest BCUT2D eigenvalue weighted by molar-refractivity contribution is 0.585. The van der Waals surface area contributed by atoms with Gasteiger partial charge < -0.3 is 0 Å². The number of sulfone groups is 2. The molecule has 0 unspecified atom stereocenters. The largest absolute Gasteiger partial charge is 0.248 e. The minimum atomic E-state index is -3.70. The number of hydrogen-bond donors (Lipinski definition) is 0. The zero-order chi connectivity index (χ0) is 15.0. The van der Waals surface area contributed by atoms with Crippen molar-refractivity contribution in [1.82, 2.24) is 9.97 Å². The first-order valence-electron chi connectivity index (χ1n) is 5.52. The average Bonchev–Trinajstić information content (AvgIpc) is 2.37. The molecule has 20 heavy (non-hydrogen) atoms. The van der Waals surface area contributed by atoms with E-state index in [2.05, 4.69) is 9.97 Å². The fourth-order valence-electron chi connectivity index (χ4n) is 1.52. The molecular weight excluding hydrogens is 300 g/mol. The van der Waals surface area contributed by atoms with Crippen molar-refractivity contribution in [3.63, 3.8) is 0 Å². The maximum Gasteiger partial charge on any atom is 0.248 e. The topological polar surface area (TPSA) is 94.1 Å². The summed E-state index contributed by atoms with van der Waals surface area (Å²) < 4.78 is 46.4. The molecule has 0 aliphatic rings. The minimum absolute atomic E-state index is 0.251. The highest BCUT2D eigenvalue weighted by molar-refractivity contribution is 7.91. The third-order valence-corrected chi connectivity index (χ3v) is 4.28. The van der Waals surface area contributed by atoms with Crippen LogP contribution in [0.1, 0.15) is 0 Å². The van der Waals surface area contributed by atoms with Gasteiger partial charge in [-0.3, -0.25) is 0 Å². The van der Waals surface area contributed by atoms with E-state index in [1.165, 1.54) is 6.07 Å². The average molecular weight is 312 g/mol. The van der Waals surface area contributed by atoms with Crippen molar-refractivity contribution in [1.29, 1.82) is 0 Å². The van der Waals surface area contributed by atoms with E-state index in [-0.39, 0.29) is 10.7 Å². The highest BCUT2D eigenvalue weighted by Crippen LogP contribution is 2.21. The van der Waals surface area contributed by atoms with Gasteiger partial charge in [0.15, 0.2) is 14.9 Å². The number of aromatic nitrogens is 2. The molecule has 0 amide bonds. The molecule has 1 aromatic carbocycles. The predicted molar refractivity (Wildman–Crippen MR) is 73.7 cm³/mol. The zero-order valence-corrected chi connectivity index (χ0v) is 12.4. The van der Waals surface area contributed by atoms with Gasteiger partial charge in [-0.05, 0) is 0 Å². The molecule has 0 saturated carbocycles. The maximum absolute atomic E-state index is 11.6. The van der Waals surface area contributed by atoms with Gasteiger partial charge in [0.25, 0.3) is 0 Å². The normalized spacial score (nSPS) is 12.3. The highest BCUT2D eigenvalue weighted by atomic mass is 32.2. The van der Waals surface area contributed by atoms with Crippen molar-refractivity contribution in [2.75, 3.05) is 12.5 Å². The standard InChI is InChI=1S/C12H12N2O4S2/c1-19(15,16)11-8-10(9-6-4-3-5-7-9)13-12(14-11)20(2,17)18/h3-8H,1-2H3. The predicted octanol–water partition coefficient (Wildman–Crippen LogP) is 0.951. The molecule has 0 saturated heterocycles. The number of benzene rings is 1. The first kappa shape index (κ1) is 14.6. The Bertz CT molecular complexity index is 794. The molecule has 0 aliphatic carbocycles. The molecule has 0 fully saturated rings. The van der Waals surface area contributed by atoms with Crippen LogP contribution in [-0.2, 0) is 19.7 Å². The second-order valence-electron chi connectivity index (χ2n) is 4.28. The van der Waals surface area contributed by atoms with Gasteiger partial charge in [0.1, 0.15) is 0 Å². The van der Waals surface area contributed by atoms with Crippen LogP contribution in [0.25, 0.3) is 11.3 Å². The molecule has 0 bridgehead atoms. The lowest BCUT2D eigenvalue weighted by Gasteiger charge is -2.06. The van der Waals surface area contributed by atoms with Crippen LogP contribution in [0.3, 0.4) is 0 Å². The van der Waals surface area contributed by atoms with E-state index in [1.807, 2.05) is 0 Å². The second kappa shape index (κ2) is 4.95. The molecular formula is C12H12N2O4S2. The summed E-state index contributed by atoms with van der Waals surface area (Å²) in [5.74, 6) is 0. The van der Waals surface area contributed by atoms with Gasteiger partial charge in [-0.1, -0.05) is 30.3 Å². The molecule has 2 aromatic rings. The van der Waals surface area contributed by atoms with Crippen LogP contribution >= 0.6 is 0 Å². The smallest absolute Gasteiger partial charge is 0.222 e. The Hall–Kier alpha value is -1.80. The van der Waals surface area contributed by atoms with Crippen LogP contribution < -0.4 is 0 Å². The van der Waals surface area contributed by atoms with Crippen LogP contribution in [0.15, 0.2) is 46.6 Å². The Morgan fingerprint density at radius 1 is 0.850 bits per heavy atom. The van der Waals surface area contributed by atoms with Gasteiger partial charge >= 0.3 is 0 Å². The van der Waals surface area contributed by atoms with E-state index in [4.69, 9.17) is 0 Å². The van der Waals surface area contributed by atoms with Gasteiger partial charge in [0, 0.05) is 24.1 Å². The third-order valence-electron chi connectivity index (χ3n) is 2.46. The van der Waals surface area contributed by atoms with Crippen molar-refractivity contribution in [2.45, 2.75) is 10.2 Å². The van der Waals surface area contributed by atoms with Crippen molar-refractivity contribution < 1.29 is 16.8 Å². The van der Waals surface area contributed by atoms with E-state index in [0.29, 0.717) is 5.56 Å². The van der Waals surface area contributed by atoms with E-state index in [9.17, 15) is 16.8 Å². The van der Waals surface area contributed by atoms with Gasteiger partial charge in [-0.25, -0.2) is 26.8 Å². The molecule has 106 valence electrons. The summed E-state index contributed by atoms with van der Waals surface area (Å²) in [5.41, 5.74) is 0.867. The Kier molecular flexibility index (Phi) is 3.61. The summed E-state index contributed by atoms with van der Waals surface area (Å²) in [4.78, 5) is 7.54. The third kappa shape index (κ3) is 3.20. The number of nitrogens with zero attached hydrogens (tertiary/aromatic N) is 2. The van der Waals surface area contributed by atoms with Crippen molar-refractivity contribution >= 4 is 19.7 Å². The lowest BCUT2D eigenvalue weighted by atomic mass is 10.1. The summed E-state index contributed by atoms with van der Waals surface area (Å²) in [5, 5.41) is -0.814. The van der Waals surface area contributed by atoms with E-state index in [0.717, 1.165) is 12.5 Å². The number of rotatable bonds is 3. The first-order valence-corrected chi connectivity index (χ1v) is 9.31. The van der Waals surface area contributed by atoms with Crippen molar-refractivity contribution in [2.24, 2.45) is 0 Å². The van der Waals surface area contributed by atoms with Crippen LogP contribution in [0.5, 0.6) is 0 Å². The van der Waals surface area contributed by atoms with Crippen LogP contribution in [0, 0.1) is 0 Å². The zero-order valence-electron chi connectivity index (χ0n) is 10.8. The fourth-order valence-corrected chi connectivity index (χ4v) is 2.68. The maximum atomic E-state index is 11.6. The summed E-state index contributed by atoms with van der Waals surface area (Å²) in [6.45, 7) is 0. The molecule has 0 radical (unpaired) electrons. The summed E-state index contributed by atoms with van der Waals surface area (Å²) in [7, 11) is -7.33. The fraction of sp³-hybridized carbons (Fsp3) is 0.167. The van der Waals surface area contributed by atoms with E-state index < -0.39 is 24.8 Å². The van der Waals surface area contributed by atoms with Crippen LogP contribution in [0.2, 0.25) is 0 Å². The molecule has 6 nitrogen and oxygen atoms in total. The van der Waals surface area contributed by atoms with Crippen molar-refractivity contribution in [3.05, 3.63) is 36.4 Å². The summed E-state index contributed by atoms with van der Waals surface area (Å²) in [6.07, 6.45) is 1.90. The van der Waals surface area contributed by atoms with Crippen molar-refractivity contribution in [3.8, 4) is 11.3 Å². The number of hydrogen-bond acceptors (Lipinski definition) is 6. The van der Waals surface area contributed by atoms with Gasteiger partial charge in [0.2, 0.25) is 15.0 Å².